The van der Waals surface area contributed by atoms with E-state index in [4.69, 9.17) is 23.9 Å². The molecule has 1 atom stereocenters. The van der Waals surface area contributed by atoms with Crippen molar-refractivity contribution in [3.8, 4) is 5.75 Å². The highest BCUT2D eigenvalue weighted by atomic mass is 127. The van der Waals surface area contributed by atoms with E-state index in [0.29, 0.717) is 19.8 Å². The molecule has 9 heteroatoms. The van der Waals surface area contributed by atoms with Crippen molar-refractivity contribution in [2.24, 2.45) is 4.99 Å². The van der Waals surface area contributed by atoms with E-state index in [1.54, 1.807) is 0 Å². The van der Waals surface area contributed by atoms with Crippen LogP contribution in [0.25, 0.3) is 0 Å². The number of benzene rings is 1. The lowest BCUT2D eigenvalue weighted by Gasteiger charge is -2.26. The molecule has 0 aliphatic carbocycles. The second-order valence-corrected chi connectivity index (χ2v) is 8.49. The smallest absolute Gasteiger partial charge is 0.195 e. The van der Waals surface area contributed by atoms with Gasteiger partial charge in [0.15, 0.2) is 5.96 Å². The van der Waals surface area contributed by atoms with Gasteiger partial charge in [-0.2, -0.15) is 0 Å². The number of rotatable bonds is 12. The normalized spacial score (nSPS) is 19.4. The zero-order valence-electron chi connectivity index (χ0n) is 20.1. The summed E-state index contributed by atoms with van der Waals surface area (Å²) in [5.74, 6) is 1.66. The van der Waals surface area contributed by atoms with Crippen LogP contribution in [0.15, 0.2) is 29.3 Å². The van der Waals surface area contributed by atoms with Crippen LogP contribution in [0.2, 0.25) is 0 Å². The molecule has 2 N–H and O–H groups in total. The van der Waals surface area contributed by atoms with E-state index in [9.17, 15) is 0 Å². The summed E-state index contributed by atoms with van der Waals surface area (Å²) >= 11 is 0. The molecule has 3 rings (SSSR count). The first-order valence-corrected chi connectivity index (χ1v) is 12.0. The van der Waals surface area contributed by atoms with Crippen LogP contribution in [0.3, 0.4) is 0 Å². The molecule has 2 fully saturated rings. The molecule has 188 valence electrons. The molecule has 0 bridgehead atoms. The second kappa shape index (κ2) is 16.5. The third-order valence-corrected chi connectivity index (χ3v) is 5.36. The Balaban J connectivity index is 0.00000385. The van der Waals surface area contributed by atoms with E-state index in [-0.39, 0.29) is 36.2 Å². The molecule has 2 aliphatic rings. The van der Waals surface area contributed by atoms with E-state index in [1.807, 2.05) is 38.1 Å². The van der Waals surface area contributed by atoms with Gasteiger partial charge in [-0.25, -0.2) is 0 Å². The molecule has 0 radical (unpaired) electrons. The third-order valence-electron chi connectivity index (χ3n) is 5.36. The van der Waals surface area contributed by atoms with Crippen molar-refractivity contribution < 1.29 is 18.9 Å². The lowest BCUT2D eigenvalue weighted by Crippen LogP contribution is -2.42. The van der Waals surface area contributed by atoms with Crippen LogP contribution in [0, 0.1) is 0 Å². The Kier molecular flexibility index (Phi) is 14.0. The Morgan fingerprint density at radius 1 is 1.18 bits per heavy atom. The molecule has 2 saturated heterocycles. The lowest BCUT2D eigenvalue weighted by atomic mass is 10.2. The Morgan fingerprint density at radius 3 is 2.67 bits per heavy atom. The minimum atomic E-state index is 0. The number of aliphatic imine (C=N–C) groups is 1. The molecule has 2 heterocycles. The monoisotopic (exact) mass is 576 g/mol. The maximum absolute atomic E-state index is 5.76. The minimum Gasteiger partial charge on any atom is -0.491 e. The molecule has 0 saturated carbocycles. The first kappa shape index (κ1) is 28.1. The van der Waals surface area contributed by atoms with Crippen LogP contribution in [0.4, 0.5) is 5.69 Å². The summed E-state index contributed by atoms with van der Waals surface area (Å²) in [6.45, 7) is 12.4. The summed E-state index contributed by atoms with van der Waals surface area (Å²) in [6, 6.07) is 7.99. The first-order chi connectivity index (χ1) is 15.7. The summed E-state index contributed by atoms with van der Waals surface area (Å²) in [7, 11) is 0. The van der Waals surface area contributed by atoms with E-state index >= 15 is 0 Å². The molecule has 0 spiro atoms. The number of hydrogen-bond acceptors (Lipinski definition) is 6. The van der Waals surface area contributed by atoms with Gasteiger partial charge in [0.1, 0.15) is 5.75 Å². The Hall–Kier alpha value is -1.14. The SMILES string of the molecule is CC(C)Oc1ccc(NC(=NCCCOCC2CCCO2)NCCN2CCOCC2)cc1.I. The standard InChI is InChI=1S/C24H40N4O4.HI/c1-20(2)32-22-8-6-21(7-9-22)27-24(26-11-12-28-13-17-29-18-14-28)25-10-4-15-30-19-23-5-3-16-31-23;/h6-9,20,23H,3-5,10-19H2,1-2H3,(H2,25,26,27);1H. The molecule has 1 aromatic carbocycles. The predicted molar refractivity (Wildman–Crippen MR) is 143 cm³/mol. The van der Waals surface area contributed by atoms with Crippen molar-refractivity contribution in [3.05, 3.63) is 24.3 Å². The number of ether oxygens (including phenoxy) is 4. The minimum absolute atomic E-state index is 0. The van der Waals surface area contributed by atoms with Gasteiger partial charge in [0.2, 0.25) is 0 Å². The Bertz CT molecular complexity index is 663. The number of morpholine rings is 1. The van der Waals surface area contributed by atoms with Gasteiger partial charge in [-0.1, -0.05) is 0 Å². The van der Waals surface area contributed by atoms with Crippen molar-refractivity contribution >= 4 is 35.6 Å². The second-order valence-electron chi connectivity index (χ2n) is 8.49. The zero-order chi connectivity index (χ0) is 22.4. The topological polar surface area (TPSA) is 76.6 Å². The summed E-state index contributed by atoms with van der Waals surface area (Å²) in [4.78, 5) is 7.16. The molecule has 2 aliphatic heterocycles. The summed E-state index contributed by atoms with van der Waals surface area (Å²) < 4.78 is 22.5. The summed E-state index contributed by atoms with van der Waals surface area (Å²) in [6.07, 6.45) is 3.58. The lowest BCUT2D eigenvalue weighted by molar-refractivity contribution is 0.0171. The zero-order valence-corrected chi connectivity index (χ0v) is 22.4. The van der Waals surface area contributed by atoms with Crippen LogP contribution < -0.4 is 15.4 Å². The highest BCUT2D eigenvalue weighted by molar-refractivity contribution is 14.0. The highest BCUT2D eigenvalue weighted by Gasteiger charge is 2.15. The van der Waals surface area contributed by atoms with Crippen LogP contribution in [-0.2, 0) is 14.2 Å². The fraction of sp³-hybridized carbons (Fsp3) is 0.708. The van der Waals surface area contributed by atoms with Gasteiger partial charge in [0.25, 0.3) is 0 Å². The average Bonchev–Trinajstić information content (AvgIpc) is 3.31. The van der Waals surface area contributed by atoms with Gasteiger partial charge < -0.3 is 29.6 Å². The molecule has 1 aromatic rings. The number of anilines is 1. The summed E-state index contributed by atoms with van der Waals surface area (Å²) in [5.41, 5.74) is 0.980. The molecule has 0 amide bonds. The van der Waals surface area contributed by atoms with Crippen LogP contribution in [0.1, 0.15) is 33.1 Å². The van der Waals surface area contributed by atoms with Gasteiger partial charge in [-0.3, -0.25) is 9.89 Å². The van der Waals surface area contributed by atoms with Crippen molar-refractivity contribution in [1.29, 1.82) is 0 Å². The molecular formula is C24H41IN4O4. The largest absolute Gasteiger partial charge is 0.491 e. The van der Waals surface area contributed by atoms with Crippen molar-refractivity contribution in [2.75, 3.05) is 71.1 Å². The van der Waals surface area contributed by atoms with E-state index < -0.39 is 0 Å². The van der Waals surface area contributed by atoms with Crippen LogP contribution >= 0.6 is 24.0 Å². The molecule has 0 aromatic heterocycles. The fourth-order valence-corrected chi connectivity index (χ4v) is 3.67. The molecular weight excluding hydrogens is 535 g/mol. The van der Waals surface area contributed by atoms with E-state index in [2.05, 4.69) is 15.5 Å². The molecule has 8 nitrogen and oxygen atoms in total. The van der Waals surface area contributed by atoms with Crippen molar-refractivity contribution in [1.82, 2.24) is 10.2 Å². The van der Waals surface area contributed by atoms with Crippen LogP contribution in [-0.4, -0.2) is 88.8 Å². The number of nitrogens with one attached hydrogen (secondary N) is 2. The number of halogens is 1. The fourth-order valence-electron chi connectivity index (χ4n) is 3.67. The van der Waals surface area contributed by atoms with E-state index in [1.165, 1.54) is 0 Å². The highest BCUT2D eigenvalue weighted by Crippen LogP contribution is 2.17. The van der Waals surface area contributed by atoms with Gasteiger partial charge in [0.05, 0.1) is 32.0 Å². The van der Waals surface area contributed by atoms with Crippen LogP contribution in [0.5, 0.6) is 5.75 Å². The quantitative estimate of drug-likeness (QED) is 0.171. The van der Waals surface area contributed by atoms with E-state index in [0.717, 1.165) is 82.7 Å². The molecule has 33 heavy (non-hydrogen) atoms. The summed E-state index contributed by atoms with van der Waals surface area (Å²) in [5, 5.41) is 6.87. The van der Waals surface area contributed by atoms with Crippen molar-refractivity contribution in [3.63, 3.8) is 0 Å². The van der Waals surface area contributed by atoms with Crippen molar-refractivity contribution in [2.45, 2.75) is 45.3 Å². The third kappa shape index (κ3) is 11.7. The van der Waals surface area contributed by atoms with Gasteiger partial charge in [0, 0.05) is 51.6 Å². The number of nitrogens with zero attached hydrogens (tertiary/aromatic N) is 2. The maximum atomic E-state index is 5.76. The molecule has 1 unspecified atom stereocenters. The Labute approximate surface area is 215 Å². The Morgan fingerprint density at radius 2 is 1.97 bits per heavy atom. The maximum Gasteiger partial charge on any atom is 0.195 e. The first-order valence-electron chi connectivity index (χ1n) is 12.0. The van der Waals surface area contributed by atoms with Gasteiger partial charge >= 0.3 is 0 Å². The van der Waals surface area contributed by atoms with Gasteiger partial charge in [-0.05, 0) is 57.4 Å². The predicted octanol–water partition coefficient (Wildman–Crippen LogP) is 3.37. The number of hydrogen-bond donors (Lipinski definition) is 2. The van der Waals surface area contributed by atoms with Gasteiger partial charge in [-0.15, -0.1) is 24.0 Å². The average molecular weight is 577 g/mol. The number of guanidine groups is 1.